The van der Waals surface area contributed by atoms with E-state index >= 15 is 0 Å². The molecule has 3 aromatic heterocycles. The van der Waals surface area contributed by atoms with Crippen molar-refractivity contribution in [3.8, 4) is 11.4 Å². The Morgan fingerprint density at radius 2 is 1.90 bits per heavy atom. The van der Waals surface area contributed by atoms with E-state index in [-0.39, 0.29) is 10.5 Å². The Kier molecular flexibility index (Phi) is 5.00. The van der Waals surface area contributed by atoms with Crippen LogP contribution in [-0.2, 0) is 10.0 Å². The van der Waals surface area contributed by atoms with Crippen LogP contribution in [0.15, 0.2) is 53.7 Å². The molecule has 0 fully saturated rings. The van der Waals surface area contributed by atoms with Gasteiger partial charge in [-0.15, -0.1) is 0 Å². The lowest BCUT2D eigenvalue weighted by atomic mass is 10.1. The number of nitrogens with one attached hydrogen (secondary N) is 1. The predicted octanol–water partition coefficient (Wildman–Crippen LogP) is 3.34. The molecule has 0 atom stereocenters. The van der Waals surface area contributed by atoms with Crippen molar-refractivity contribution < 1.29 is 13.2 Å². The van der Waals surface area contributed by atoms with Gasteiger partial charge in [0.25, 0.3) is 5.91 Å². The molecule has 0 saturated carbocycles. The zero-order valence-corrected chi connectivity index (χ0v) is 18.6. The van der Waals surface area contributed by atoms with Crippen LogP contribution in [0.5, 0.6) is 0 Å². The number of rotatable bonds is 5. The number of carbonyl (C=O) groups excluding carboxylic acids is 1. The first-order chi connectivity index (χ1) is 14.5. The van der Waals surface area contributed by atoms with Crippen LogP contribution in [-0.4, -0.2) is 34.4 Å². The van der Waals surface area contributed by atoms with Gasteiger partial charge in [-0.3, -0.25) is 14.3 Å². The van der Waals surface area contributed by atoms with Crippen LogP contribution in [0.3, 0.4) is 0 Å². The topological polar surface area (TPSA) is 120 Å². The van der Waals surface area contributed by atoms with E-state index in [1.165, 1.54) is 18.5 Å². The summed E-state index contributed by atoms with van der Waals surface area (Å²) in [6.45, 7) is 5.26. The number of halogens is 1. The van der Waals surface area contributed by atoms with Gasteiger partial charge in [-0.2, -0.15) is 0 Å². The van der Waals surface area contributed by atoms with Gasteiger partial charge >= 0.3 is 0 Å². The lowest BCUT2D eigenvalue weighted by Gasteiger charge is -2.20. The van der Waals surface area contributed by atoms with Gasteiger partial charge in [0.2, 0.25) is 10.0 Å². The van der Waals surface area contributed by atoms with Crippen LogP contribution in [0, 0.1) is 0 Å². The van der Waals surface area contributed by atoms with E-state index in [1.807, 2.05) is 18.2 Å². The highest BCUT2D eigenvalue weighted by Crippen LogP contribution is 2.37. The Bertz CT molecular complexity index is 1380. The maximum Gasteiger partial charge on any atom is 0.251 e. The molecule has 0 spiro atoms. The fourth-order valence-electron chi connectivity index (χ4n) is 3.36. The predicted molar refractivity (Wildman–Crippen MR) is 120 cm³/mol. The van der Waals surface area contributed by atoms with E-state index < -0.39 is 21.5 Å². The minimum Gasteiger partial charge on any atom is -0.366 e. The molecule has 3 heterocycles. The van der Waals surface area contributed by atoms with Crippen molar-refractivity contribution in [2.75, 3.05) is 0 Å². The highest BCUT2D eigenvalue weighted by Gasteiger charge is 2.27. The fraction of sp³-hybridized carbons (Fsp3) is 0.190. The van der Waals surface area contributed by atoms with E-state index in [9.17, 15) is 13.2 Å². The number of nitrogens with two attached hydrogens (primary N) is 1. The SMILES string of the molecule is CC(C)(C)NS(=O)(=O)c1ccc(-c2c(C(N)=O)c3cc(Cl)cnc3n2C2=CC=C2)nc1. The molecular formula is C21H20ClN5O3S. The number of allylic oxidation sites excluding steroid dienone is 4. The average molecular weight is 458 g/mol. The highest BCUT2D eigenvalue weighted by atomic mass is 35.5. The van der Waals surface area contributed by atoms with Crippen molar-refractivity contribution in [2.24, 2.45) is 5.73 Å². The van der Waals surface area contributed by atoms with Gasteiger partial charge in [0.05, 0.1) is 22.0 Å². The van der Waals surface area contributed by atoms with Gasteiger partial charge in [0, 0.05) is 29.0 Å². The molecule has 0 aliphatic heterocycles. The zero-order chi connectivity index (χ0) is 22.6. The minimum atomic E-state index is -3.76. The average Bonchev–Trinajstić information content (AvgIpc) is 2.92. The first-order valence-corrected chi connectivity index (χ1v) is 11.2. The largest absolute Gasteiger partial charge is 0.366 e. The Labute approximate surface area is 184 Å². The summed E-state index contributed by atoms with van der Waals surface area (Å²) < 4.78 is 29.6. The van der Waals surface area contributed by atoms with Crippen molar-refractivity contribution in [1.29, 1.82) is 0 Å². The summed E-state index contributed by atoms with van der Waals surface area (Å²) >= 11 is 6.11. The zero-order valence-electron chi connectivity index (χ0n) is 17.0. The van der Waals surface area contributed by atoms with Gasteiger partial charge in [-0.25, -0.2) is 18.1 Å². The van der Waals surface area contributed by atoms with Crippen LogP contribution < -0.4 is 10.5 Å². The maximum atomic E-state index is 12.6. The molecule has 0 aromatic carbocycles. The first kappa shape index (κ1) is 21.2. The van der Waals surface area contributed by atoms with Gasteiger partial charge in [0.1, 0.15) is 10.5 Å². The van der Waals surface area contributed by atoms with Crippen LogP contribution in [0.1, 0.15) is 31.1 Å². The number of hydrogen-bond donors (Lipinski definition) is 2. The summed E-state index contributed by atoms with van der Waals surface area (Å²) in [5.74, 6) is -0.667. The minimum absolute atomic E-state index is 0.0124. The molecule has 160 valence electrons. The van der Waals surface area contributed by atoms with Crippen LogP contribution >= 0.6 is 11.6 Å². The van der Waals surface area contributed by atoms with E-state index in [0.717, 1.165) is 5.70 Å². The van der Waals surface area contributed by atoms with E-state index in [4.69, 9.17) is 17.3 Å². The second kappa shape index (κ2) is 7.30. The molecule has 31 heavy (non-hydrogen) atoms. The fourth-order valence-corrected chi connectivity index (χ4v) is 4.88. The van der Waals surface area contributed by atoms with Gasteiger partial charge in [0.15, 0.2) is 0 Å². The Hall–Kier alpha value is -3.01. The summed E-state index contributed by atoms with van der Waals surface area (Å²) in [5.41, 5.74) is 7.36. The number of amides is 1. The van der Waals surface area contributed by atoms with E-state index in [0.29, 0.717) is 27.4 Å². The molecule has 1 aliphatic carbocycles. The third-order valence-corrected chi connectivity index (χ3v) is 6.49. The number of hydrogen-bond acceptors (Lipinski definition) is 5. The standard InChI is InChI=1S/C21H20ClN5O3S/c1-21(2,3)26-31(29,30)14-7-8-16(24-11-14)18-17(19(23)28)15-9-12(22)10-25-20(15)27(18)13-5-4-6-13/h4-11,26H,1-3H3,(H2,23,28). The second-order valence-corrected chi connectivity index (χ2v) is 10.3. The highest BCUT2D eigenvalue weighted by molar-refractivity contribution is 7.89. The monoisotopic (exact) mass is 457 g/mol. The number of sulfonamides is 1. The molecule has 0 bridgehead atoms. The number of aromatic nitrogens is 3. The molecule has 3 aromatic rings. The quantitative estimate of drug-likeness (QED) is 0.608. The van der Waals surface area contributed by atoms with Crippen molar-refractivity contribution in [3.05, 3.63) is 59.4 Å². The molecule has 3 N–H and O–H groups in total. The number of fused-ring (bicyclic) bond motifs is 1. The normalized spacial score (nSPS) is 13.9. The molecule has 4 rings (SSSR count). The Balaban J connectivity index is 1.92. The number of nitrogens with zero attached hydrogens (tertiary/aromatic N) is 3. The third kappa shape index (κ3) is 3.87. The molecule has 10 heteroatoms. The smallest absolute Gasteiger partial charge is 0.251 e. The van der Waals surface area contributed by atoms with E-state index in [1.54, 1.807) is 37.5 Å². The lowest BCUT2D eigenvalue weighted by molar-refractivity contribution is 0.100. The number of primary amides is 1. The van der Waals surface area contributed by atoms with Gasteiger partial charge in [-0.05, 0) is 51.1 Å². The molecular weight excluding hydrogens is 438 g/mol. The van der Waals surface area contributed by atoms with Crippen LogP contribution in [0.25, 0.3) is 28.1 Å². The van der Waals surface area contributed by atoms with Gasteiger partial charge < -0.3 is 5.73 Å². The van der Waals surface area contributed by atoms with Crippen molar-refractivity contribution >= 4 is 44.3 Å². The summed E-state index contributed by atoms with van der Waals surface area (Å²) in [4.78, 5) is 21.2. The number of carbonyl (C=O) groups is 1. The molecule has 1 amide bonds. The van der Waals surface area contributed by atoms with Crippen molar-refractivity contribution in [3.63, 3.8) is 0 Å². The third-order valence-electron chi connectivity index (χ3n) is 4.54. The van der Waals surface area contributed by atoms with Crippen molar-refractivity contribution in [2.45, 2.75) is 31.2 Å². The molecule has 0 unspecified atom stereocenters. The molecule has 0 saturated heterocycles. The molecule has 1 aliphatic rings. The Morgan fingerprint density at radius 1 is 1.19 bits per heavy atom. The summed E-state index contributed by atoms with van der Waals surface area (Å²) in [6, 6.07) is 4.60. The second-order valence-electron chi connectivity index (χ2n) is 8.13. The van der Waals surface area contributed by atoms with Crippen LogP contribution in [0.2, 0.25) is 5.02 Å². The number of pyridine rings is 2. The summed E-state index contributed by atoms with van der Waals surface area (Å²) in [7, 11) is -3.76. The summed E-state index contributed by atoms with van der Waals surface area (Å²) in [5, 5.41) is 0.851. The summed E-state index contributed by atoms with van der Waals surface area (Å²) in [6.07, 6.45) is 8.30. The molecule has 0 radical (unpaired) electrons. The van der Waals surface area contributed by atoms with E-state index in [2.05, 4.69) is 14.7 Å². The van der Waals surface area contributed by atoms with Gasteiger partial charge in [-0.1, -0.05) is 17.7 Å². The van der Waals surface area contributed by atoms with Crippen molar-refractivity contribution in [1.82, 2.24) is 19.3 Å². The first-order valence-electron chi connectivity index (χ1n) is 9.37. The lowest BCUT2D eigenvalue weighted by Crippen LogP contribution is -2.40. The maximum absolute atomic E-state index is 12.6. The molecule has 8 nitrogen and oxygen atoms in total. The van der Waals surface area contributed by atoms with Crippen LogP contribution in [0.4, 0.5) is 0 Å². The Morgan fingerprint density at radius 3 is 2.42 bits per heavy atom.